The van der Waals surface area contributed by atoms with E-state index in [1.807, 2.05) is 32.0 Å². The Labute approximate surface area is 168 Å². The fourth-order valence-electron chi connectivity index (χ4n) is 3.53. The number of aryl methyl sites for hydroxylation is 1. The molecule has 0 saturated carbocycles. The highest BCUT2D eigenvalue weighted by Gasteiger charge is 2.36. The van der Waals surface area contributed by atoms with Crippen LogP contribution in [0.25, 0.3) is 0 Å². The average molecular weight is 398 g/mol. The molecule has 1 heterocycles. The molecule has 0 radical (unpaired) electrons. The van der Waals surface area contributed by atoms with Gasteiger partial charge < -0.3 is 15.3 Å². The predicted octanol–water partition coefficient (Wildman–Crippen LogP) is 2.78. The lowest BCUT2D eigenvalue weighted by Gasteiger charge is -2.20. The quantitative estimate of drug-likeness (QED) is 0.783. The summed E-state index contributed by atoms with van der Waals surface area (Å²) in [6, 6.07) is 10.8. The van der Waals surface area contributed by atoms with Crippen molar-refractivity contribution in [3.63, 3.8) is 0 Å². The second-order valence-corrected chi connectivity index (χ2v) is 7.31. The first-order chi connectivity index (χ1) is 13.8. The standard InChI is InChI=1S/C22H23FN2O4/c1-13-4-3-5-19(14(13)2)25-12-16(10-20(25)26)21(27)24-11-18(22(28)29)15-6-8-17(23)9-7-15/h3-9,16,18H,10-12H2,1-2H3,(H,24,27)(H,28,29). The number of carbonyl (C=O) groups is 3. The van der Waals surface area contributed by atoms with E-state index < -0.39 is 23.6 Å². The first-order valence-corrected chi connectivity index (χ1v) is 9.40. The first kappa shape index (κ1) is 20.5. The van der Waals surface area contributed by atoms with Crippen LogP contribution in [0.5, 0.6) is 0 Å². The van der Waals surface area contributed by atoms with Crippen LogP contribution in [-0.2, 0) is 14.4 Å². The number of amides is 2. The van der Waals surface area contributed by atoms with Crippen molar-refractivity contribution in [3.05, 3.63) is 65.0 Å². The molecule has 0 bridgehead atoms. The van der Waals surface area contributed by atoms with E-state index in [1.165, 1.54) is 24.3 Å². The number of hydrogen-bond acceptors (Lipinski definition) is 3. The molecule has 152 valence electrons. The monoisotopic (exact) mass is 398 g/mol. The summed E-state index contributed by atoms with van der Waals surface area (Å²) in [6.07, 6.45) is 0.0769. The van der Waals surface area contributed by atoms with E-state index in [4.69, 9.17) is 0 Å². The molecule has 29 heavy (non-hydrogen) atoms. The van der Waals surface area contributed by atoms with Crippen LogP contribution in [0.15, 0.2) is 42.5 Å². The molecule has 1 saturated heterocycles. The Kier molecular flexibility index (Phi) is 5.96. The van der Waals surface area contributed by atoms with E-state index in [1.54, 1.807) is 4.90 Å². The van der Waals surface area contributed by atoms with Crippen molar-refractivity contribution < 1.29 is 23.9 Å². The number of benzene rings is 2. The van der Waals surface area contributed by atoms with Crippen LogP contribution in [0.1, 0.15) is 29.0 Å². The van der Waals surface area contributed by atoms with Crippen LogP contribution >= 0.6 is 0 Å². The van der Waals surface area contributed by atoms with Crippen molar-refractivity contribution in [1.82, 2.24) is 5.32 Å². The molecule has 2 unspecified atom stereocenters. The van der Waals surface area contributed by atoms with E-state index >= 15 is 0 Å². The third kappa shape index (κ3) is 4.45. The molecule has 7 heteroatoms. The van der Waals surface area contributed by atoms with Gasteiger partial charge in [-0.15, -0.1) is 0 Å². The largest absolute Gasteiger partial charge is 0.481 e. The molecule has 2 amide bonds. The molecule has 2 N–H and O–H groups in total. The van der Waals surface area contributed by atoms with Crippen LogP contribution in [0.3, 0.4) is 0 Å². The van der Waals surface area contributed by atoms with E-state index in [-0.39, 0.29) is 31.3 Å². The van der Waals surface area contributed by atoms with Gasteiger partial charge in [-0.3, -0.25) is 14.4 Å². The molecule has 0 aliphatic carbocycles. The molecule has 2 aromatic rings. The summed E-state index contributed by atoms with van der Waals surface area (Å²) in [6.45, 7) is 4.02. The van der Waals surface area contributed by atoms with Crippen LogP contribution in [0.4, 0.5) is 10.1 Å². The van der Waals surface area contributed by atoms with Gasteiger partial charge in [0.25, 0.3) is 0 Å². The number of rotatable bonds is 6. The maximum absolute atomic E-state index is 13.1. The SMILES string of the molecule is Cc1cccc(N2CC(C(=O)NCC(C(=O)O)c3ccc(F)cc3)CC2=O)c1C. The summed E-state index contributed by atoms with van der Waals surface area (Å²) in [5, 5.41) is 12.1. The molecule has 1 aliphatic heterocycles. The highest BCUT2D eigenvalue weighted by molar-refractivity contribution is 6.01. The zero-order valence-electron chi connectivity index (χ0n) is 16.3. The van der Waals surface area contributed by atoms with E-state index in [0.717, 1.165) is 16.8 Å². The lowest BCUT2D eigenvalue weighted by molar-refractivity contribution is -0.138. The highest BCUT2D eigenvalue weighted by atomic mass is 19.1. The molecule has 1 aliphatic rings. The smallest absolute Gasteiger partial charge is 0.312 e. The normalized spacial score (nSPS) is 17.3. The minimum Gasteiger partial charge on any atom is -0.481 e. The van der Waals surface area contributed by atoms with Crippen molar-refractivity contribution >= 4 is 23.5 Å². The van der Waals surface area contributed by atoms with Crippen LogP contribution in [0.2, 0.25) is 0 Å². The fourth-order valence-corrected chi connectivity index (χ4v) is 3.53. The van der Waals surface area contributed by atoms with E-state index in [2.05, 4.69) is 5.32 Å². The third-order valence-electron chi connectivity index (χ3n) is 5.41. The maximum Gasteiger partial charge on any atom is 0.312 e. The zero-order valence-corrected chi connectivity index (χ0v) is 16.3. The molecule has 1 fully saturated rings. The fraction of sp³-hybridized carbons (Fsp3) is 0.318. The van der Waals surface area contributed by atoms with Gasteiger partial charge in [0.1, 0.15) is 5.82 Å². The number of halogens is 1. The van der Waals surface area contributed by atoms with Gasteiger partial charge in [-0.1, -0.05) is 24.3 Å². The van der Waals surface area contributed by atoms with Crippen molar-refractivity contribution in [1.29, 1.82) is 0 Å². The zero-order chi connectivity index (χ0) is 21.1. The summed E-state index contributed by atoms with van der Waals surface area (Å²) in [5.74, 6) is -3.61. The van der Waals surface area contributed by atoms with Gasteiger partial charge in [0, 0.05) is 25.2 Å². The van der Waals surface area contributed by atoms with Gasteiger partial charge in [-0.2, -0.15) is 0 Å². The molecule has 6 nitrogen and oxygen atoms in total. The van der Waals surface area contributed by atoms with Crippen LogP contribution in [-0.4, -0.2) is 36.0 Å². The van der Waals surface area contributed by atoms with E-state index in [0.29, 0.717) is 5.56 Å². The number of nitrogens with one attached hydrogen (secondary N) is 1. The van der Waals surface area contributed by atoms with Crippen molar-refractivity contribution in [2.24, 2.45) is 5.92 Å². The maximum atomic E-state index is 13.1. The summed E-state index contributed by atoms with van der Waals surface area (Å²) >= 11 is 0. The van der Waals surface area contributed by atoms with Gasteiger partial charge >= 0.3 is 5.97 Å². The molecule has 0 aromatic heterocycles. The van der Waals surface area contributed by atoms with Gasteiger partial charge in [-0.25, -0.2) is 4.39 Å². The number of carboxylic acids is 1. The van der Waals surface area contributed by atoms with E-state index in [9.17, 15) is 23.9 Å². The minimum absolute atomic E-state index is 0.0769. The van der Waals surface area contributed by atoms with Gasteiger partial charge in [0.15, 0.2) is 0 Å². The summed E-state index contributed by atoms with van der Waals surface area (Å²) < 4.78 is 13.1. The lowest BCUT2D eigenvalue weighted by Crippen LogP contribution is -2.37. The van der Waals surface area contributed by atoms with Gasteiger partial charge in [0.2, 0.25) is 11.8 Å². The Bertz CT molecular complexity index is 942. The first-order valence-electron chi connectivity index (χ1n) is 9.40. The van der Waals surface area contributed by atoms with Crippen molar-refractivity contribution in [3.8, 4) is 0 Å². The Balaban J connectivity index is 1.66. The minimum atomic E-state index is -1.11. The highest BCUT2D eigenvalue weighted by Crippen LogP contribution is 2.29. The summed E-state index contributed by atoms with van der Waals surface area (Å²) in [4.78, 5) is 38.2. The molecule has 0 spiro atoms. The Hall–Kier alpha value is -3.22. The number of hydrogen-bond donors (Lipinski definition) is 2. The number of nitrogens with zero attached hydrogens (tertiary/aromatic N) is 1. The van der Waals surface area contributed by atoms with Gasteiger partial charge in [-0.05, 0) is 48.7 Å². The summed E-state index contributed by atoms with van der Waals surface area (Å²) in [7, 11) is 0. The van der Waals surface area contributed by atoms with Crippen LogP contribution < -0.4 is 10.2 Å². The Morgan fingerprint density at radius 2 is 1.90 bits per heavy atom. The number of aliphatic carboxylic acids is 1. The van der Waals surface area contributed by atoms with Gasteiger partial charge in [0.05, 0.1) is 11.8 Å². The Morgan fingerprint density at radius 1 is 1.21 bits per heavy atom. The second kappa shape index (κ2) is 8.43. The molecular formula is C22H23FN2O4. The lowest BCUT2D eigenvalue weighted by atomic mass is 9.98. The summed E-state index contributed by atoms with van der Waals surface area (Å²) in [5.41, 5.74) is 3.25. The third-order valence-corrected chi connectivity index (χ3v) is 5.41. The predicted molar refractivity (Wildman–Crippen MR) is 106 cm³/mol. The van der Waals surface area contributed by atoms with Crippen molar-refractivity contribution in [2.75, 3.05) is 18.0 Å². The Morgan fingerprint density at radius 3 is 2.55 bits per heavy atom. The topological polar surface area (TPSA) is 86.7 Å². The molecule has 2 atom stereocenters. The van der Waals surface area contributed by atoms with Crippen molar-refractivity contribution in [2.45, 2.75) is 26.2 Å². The molecule has 3 rings (SSSR count). The molecule has 2 aromatic carbocycles. The molecular weight excluding hydrogens is 375 g/mol. The number of carbonyl (C=O) groups excluding carboxylic acids is 2. The number of anilines is 1. The number of carboxylic acid groups (broad SMARTS) is 1. The van der Waals surface area contributed by atoms with Crippen LogP contribution in [0, 0.1) is 25.6 Å². The second-order valence-electron chi connectivity index (χ2n) is 7.31. The average Bonchev–Trinajstić information content (AvgIpc) is 3.07.